The molecule has 0 aliphatic carbocycles. The second kappa shape index (κ2) is 5.69. The van der Waals surface area contributed by atoms with Crippen LogP contribution >= 0.6 is 11.3 Å². The Morgan fingerprint density at radius 2 is 2.24 bits per heavy atom. The van der Waals surface area contributed by atoms with Crippen molar-refractivity contribution in [2.24, 2.45) is 0 Å². The molecule has 0 aromatic carbocycles. The van der Waals surface area contributed by atoms with E-state index in [1.54, 1.807) is 23.6 Å². The third-order valence-corrected chi connectivity index (χ3v) is 4.18. The summed E-state index contributed by atoms with van der Waals surface area (Å²) >= 11 is 1.62. The molecule has 0 N–H and O–H groups in total. The largest absolute Gasteiger partial charge is 0.355 e. The zero-order valence-corrected chi connectivity index (χ0v) is 12.8. The number of rotatable bonds is 4. The van der Waals surface area contributed by atoms with Gasteiger partial charge in [0.25, 0.3) is 0 Å². The summed E-state index contributed by atoms with van der Waals surface area (Å²) in [5.74, 6) is 0.995. The molecule has 5 heteroatoms. The number of hydrogen-bond donors (Lipinski definition) is 0. The fraction of sp³-hybridized carbons (Fsp3) is 0.250. The van der Waals surface area contributed by atoms with E-state index in [1.165, 1.54) is 0 Å². The van der Waals surface area contributed by atoms with Crippen molar-refractivity contribution in [2.45, 2.75) is 26.3 Å². The summed E-state index contributed by atoms with van der Waals surface area (Å²) in [6.45, 7) is 4.63. The van der Waals surface area contributed by atoms with Crippen molar-refractivity contribution in [3.05, 3.63) is 63.5 Å². The van der Waals surface area contributed by atoms with Gasteiger partial charge in [-0.1, -0.05) is 25.1 Å². The van der Waals surface area contributed by atoms with Gasteiger partial charge in [0, 0.05) is 30.1 Å². The van der Waals surface area contributed by atoms with Gasteiger partial charge in [-0.05, 0) is 17.4 Å². The van der Waals surface area contributed by atoms with Crippen molar-refractivity contribution in [1.82, 2.24) is 9.72 Å². The maximum Gasteiger partial charge on any atom is 0.184 e. The van der Waals surface area contributed by atoms with Crippen molar-refractivity contribution < 1.29 is 4.52 Å². The van der Waals surface area contributed by atoms with Crippen LogP contribution in [0.25, 0.3) is 10.6 Å². The van der Waals surface area contributed by atoms with E-state index in [4.69, 9.17) is 4.52 Å². The second-order valence-electron chi connectivity index (χ2n) is 5.25. The van der Waals surface area contributed by atoms with Crippen molar-refractivity contribution in [1.29, 1.82) is 0 Å². The predicted octanol–water partition coefficient (Wildman–Crippen LogP) is 3.74. The van der Waals surface area contributed by atoms with Crippen LogP contribution in [0.15, 0.2) is 51.4 Å². The van der Waals surface area contributed by atoms with Crippen LogP contribution in [0.1, 0.15) is 31.0 Å². The smallest absolute Gasteiger partial charge is 0.184 e. The van der Waals surface area contributed by atoms with E-state index in [-0.39, 0.29) is 11.3 Å². The standard InChI is InChI=1S/C16H16N2O2S/c1-11(2)13-10-18(6-5-14(13)19)9-12-8-15(20-17-12)16-4-3-7-21-16/h3-8,10-11H,9H2,1-2H3. The molecule has 0 spiro atoms. The normalized spacial score (nSPS) is 11.2. The molecule has 0 aliphatic rings. The van der Waals surface area contributed by atoms with Gasteiger partial charge in [0.05, 0.1) is 11.4 Å². The predicted molar refractivity (Wildman–Crippen MR) is 83.7 cm³/mol. The molecule has 108 valence electrons. The molecule has 0 atom stereocenters. The molecule has 0 radical (unpaired) electrons. The van der Waals surface area contributed by atoms with Crippen LogP contribution in [0.3, 0.4) is 0 Å². The van der Waals surface area contributed by atoms with Crippen molar-refractivity contribution in [3.63, 3.8) is 0 Å². The third kappa shape index (κ3) is 2.97. The summed E-state index contributed by atoms with van der Waals surface area (Å²) < 4.78 is 7.33. The van der Waals surface area contributed by atoms with Crippen LogP contribution in [0.4, 0.5) is 0 Å². The lowest BCUT2D eigenvalue weighted by molar-refractivity contribution is 0.422. The molecule has 0 aliphatic heterocycles. The Bertz CT molecular complexity index is 785. The van der Waals surface area contributed by atoms with E-state index in [0.717, 1.165) is 21.9 Å². The van der Waals surface area contributed by atoms with Crippen LogP contribution in [0, 0.1) is 0 Å². The highest BCUT2D eigenvalue weighted by Crippen LogP contribution is 2.25. The Morgan fingerprint density at radius 1 is 1.38 bits per heavy atom. The molecule has 0 unspecified atom stereocenters. The highest BCUT2D eigenvalue weighted by atomic mass is 32.1. The van der Waals surface area contributed by atoms with Crippen LogP contribution < -0.4 is 5.43 Å². The molecule has 4 nitrogen and oxygen atoms in total. The highest BCUT2D eigenvalue weighted by molar-refractivity contribution is 7.13. The maximum atomic E-state index is 11.8. The van der Waals surface area contributed by atoms with Gasteiger partial charge in [-0.25, -0.2) is 0 Å². The Hall–Kier alpha value is -2.14. The highest BCUT2D eigenvalue weighted by Gasteiger charge is 2.09. The first kappa shape index (κ1) is 13.8. The monoisotopic (exact) mass is 300 g/mol. The van der Waals surface area contributed by atoms with Crippen molar-refractivity contribution >= 4 is 11.3 Å². The topological polar surface area (TPSA) is 48.0 Å². The first-order valence-corrected chi connectivity index (χ1v) is 7.71. The minimum Gasteiger partial charge on any atom is -0.355 e. The van der Waals surface area contributed by atoms with Gasteiger partial charge in [-0.2, -0.15) is 0 Å². The zero-order chi connectivity index (χ0) is 14.8. The van der Waals surface area contributed by atoms with Crippen LogP contribution in [-0.4, -0.2) is 9.72 Å². The number of pyridine rings is 1. The molecule has 3 heterocycles. The van der Waals surface area contributed by atoms with Gasteiger partial charge in [-0.3, -0.25) is 4.79 Å². The maximum absolute atomic E-state index is 11.8. The molecule has 3 aromatic rings. The lowest BCUT2D eigenvalue weighted by atomic mass is 10.1. The van der Waals surface area contributed by atoms with Crippen LogP contribution in [0.2, 0.25) is 0 Å². The van der Waals surface area contributed by atoms with Crippen molar-refractivity contribution in [2.75, 3.05) is 0 Å². The van der Waals surface area contributed by atoms with Gasteiger partial charge in [0.15, 0.2) is 11.2 Å². The first-order chi connectivity index (χ1) is 10.1. The Balaban J connectivity index is 1.84. The Kier molecular flexibility index (Phi) is 3.75. The minimum absolute atomic E-state index is 0.0840. The number of aromatic nitrogens is 2. The summed E-state index contributed by atoms with van der Waals surface area (Å²) in [5.41, 5.74) is 1.75. The van der Waals surface area contributed by atoms with Gasteiger partial charge in [-0.15, -0.1) is 11.3 Å². The fourth-order valence-electron chi connectivity index (χ4n) is 2.19. The third-order valence-electron chi connectivity index (χ3n) is 3.30. The molecular weight excluding hydrogens is 284 g/mol. The van der Waals surface area contributed by atoms with Crippen LogP contribution in [0.5, 0.6) is 0 Å². The van der Waals surface area contributed by atoms with Gasteiger partial charge in [0.2, 0.25) is 0 Å². The summed E-state index contributed by atoms with van der Waals surface area (Å²) in [6.07, 6.45) is 3.68. The Morgan fingerprint density at radius 3 is 2.95 bits per heavy atom. The molecule has 21 heavy (non-hydrogen) atoms. The van der Waals surface area contributed by atoms with Crippen LogP contribution in [-0.2, 0) is 6.54 Å². The Labute approximate surface area is 126 Å². The molecule has 0 fully saturated rings. The number of nitrogens with zero attached hydrogens (tertiary/aromatic N) is 2. The van der Waals surface area contributed by atoms with E-state index in [9.17, 15) is 4.79 Å². The van der Waals surface area contributed by atoms with E-state index in [1.807, 2.05) is 48.2 Å². The fourth-order valence-corrected chi connectivity index (χ4v) is 2.86. The average molecular weight is 300 g/mol. The molecule has 3 rings (SSSR count). The summed E-state index contributed by atoms with van der Waals surface area (Å²) in [4.78, 5) is 12.8. The van der Waals surface area contributed by atoms with E-state index in [2.05, 4.69) is 5.16 Å². The number of thiophene rings is 1. The van der Waals surface area contributed by atoms with E-state index >= 15 is 0 Å². The van der Waals surface area contributed by atoms with Gasteiger partial charge < -0.3 is 9.09 Å². The molecule has 0 saturated carbocycles. The van der Waals surface area contributed by atoms with E-state index < -0.39 is 0 Å². The summed E-state index contributed by atoms with van der Waals surface area (Å²) in [6, 6.07) is 7.54. The van der Waals surface area contributed by atoms with Gasteiger partial charge in [0.1, 0.15) is 5.69 Å². The SMILES string of the molecule is CC(C)c1cn(Cc2cc(-c3cccs3)on2)ccc1=O. The average Bonchev–Trinajstić information content (AvgIpc) is 3.11. The quantitative estimate of drug-likeness (QED) is 0.737. The molecule has 0 saturated heterocycles. The van der Waals surface area contributed by atoms with Gasteiger partial charge >= 0.3 is 0 Å². The zero-order valence-electron chi connectivity index (χ0n) is 11.9. The summed E-state index contributed by atoms with van der Waals surface area (Å²) in [7, 11) is 0. The molecule has 0 amide bonds. The first-order valence-electron chi connectivity index (χ1n) is 6.83. The molecular formula is C16H16N2O2S. The molecule has 0 bridgehead atoms. The number of hydrogen-bond acceptors (Lipinski definition) is 4. The lowest BCUT2D eigenvalue weighted by Gasteiger charge is -2.08. The minimum atomic E-state index is 0.0840. The van der Waals surface area contributed by atoms with E-state index in [0.29, 0.717) is 6.54 Å². The van der Waals surface area contributed by atoms with Crippen molar-refractivity contribution in [3.8, 4) is 10.6 Å². The summed E-state index contributed by atoms with van der Waals surface area (Å²) in [5, 5.41) is 6.11. The molecule has 3 aromatic heterocycles. The second-order valence-corrected chi connectivity index (χ2v) is 6.20. The lowest BCUT2D eigenvalue weighted by Crippen LogP contribution is -2.13.